The highest BCUT2D eigenvalue weighted by Crippen LogP contribution is 2.17. The summed E-state index contributed by atoms with van der Waals surface area (Å²) in [7, 11) is 0. The number of nitrogens with one attached hydrogen (secondary N) is 2. The molecular formula is C15H18BrN5O. The first-order chi connectivity index (χ1) is 10.7. The maximum absolute atomic E-state index is 12.1. The summed E-state index contributed by atoms with van der Waals surface area (Å²) in [5, 5.41) is 14.3. The highest BCUT2D eigenvalue weighted by molar-refractivity contribution is 9.10. The number of benzene rings is 1. The summed E-state index contributed by atoms with van der Waals surface area (Å²) in [5.41, 5.74) is 1.40. The van der Waals surface area contributed by atoms with Gasteiger partial charge < -0.3 is 10.6 Å². The molecule has 0 radical (unpaired) electrons. The first-order valence-corrected chi connectivity index (χ1v) is 8.17. The summed E-state index contributed by atoms with van der Waals surface area (Å²) < 4.78 is 2.81. The molecule has 1 saturated heterocycles. The van der Waals surface area contributed by atoms with Crippen molar-refractivity contribution in [1.29, 1.82) is 0 Å². The van der Waals surface area contributed by atoms with Crippen LogP contribution in [0, 0.1) is 0 Å². The van der Waals surface area contributed by atoms with Gasteiger partial charge in [0.1, 0.15) is 0 Å². The lowest BCUT2D eigenvalue weighted by Crippen LogP contribution is -2.29. The maximum Gasteiger partial charge on any atom is 0.273 e. The Hall–Kier alpha value is -1.73. The number of amides is 1. The number of carbonyl (C=O) groups is 1. The highest BCUT2D eigenvalue weighted by atomic mass is 79.9. The van der Waals surface area contributed by atoms with Crippen LogP contribution in [-0.2, 0) is 6.54 Å². The zero-order chi connectivity index (χ0) is 15.4. The number of nitrogens with zero attached hydrogens (tertiary/aromatic N) is 3. The van der Waals surface area contributed by atoms with Crippen molar-refractivity contribution < 1.29 is 4.79 Å². The topological polar surface area (TPSA) is 71.8 Å². The predicted molar refractivity (Wildman–Crippen MR) is 86.5 cm³/mol. The molecule has 1 aromatic heterocycles. The van der Waals surface area contributed by atoms with Gasteiger partial charge in [-0.2, -0.15) is 0 Å². The largest absolute Gasteiger partial charge is 0.347 e. The van der Waals surface area contributed by atoms with Crippen LogP contribution >= 0.6 is 15.9 Å². The summed E-state index contributed by atoms with van der Waals surface area (Å²) in [4.78, 5) is 12.1. The maximum atomic E-state index is 12.1. The molecule has 1 aromatic carbocycles. The van der Waals surface area contributed by atoms with Crippen LogP contribution in [0.4, 0.5) is 0 Å². The molecule has 0 unspecified atom stereocenters. The van der Waals surface area contributed by atoms with Crippen molar-refractivity contribution in [3.05, 3.63) is 46.2 Å². The fraction of sp³-hybridized carbons (Fsp3) is 0.400. The van der Waals surface area contributed by atoms with Gasteiger partial charge >= 0.3 is 0 Å². The second kappa shape index (κ2) is 7.02. The Morgan fingerprint density at radius 3 is 3.00 bits per heavy atom. The van der Waals surface area contributed by atoms with Crippen LogP contribution in [0.3, 0.4) is 0 Å². The molecule has 0 atom stereocenters. The Morgan fingerprint density at radius 2 is 2.23 bits per heavy atom. The molecule has 22 heavy (non-hydrogen) atoms. The molecule has 6 nitrogen and oxygen atoms in total. The minimum Gasteiger partial charge on any atom is -0.347 e. The zero-order valence-corrected chi connectivity index (χ0v) is 13.7. The lowest BCUT2D eigenvalue weighted by Gasteiger charge is -2.22. The van der Waals surface area contributed by atoms with E-state index in [9.17, 15) is 4.79 Å². The minimum atomic E-state index is -0.194. The van der Waals surface area contributed by atoms with E-state index in [1.54, 1.807) is 6.20 Å². The van der Waals surface area contributed by atoms with Gasteiger partial charge in [-0.05, 0) is 43.6 Å². The molecule has 0 spiro atoms. The lowest BCUT2D eigenvalue weighted by molar-refractivity contribution is 0.0946. The summed E-state index contributed by atoms with van der Waals surface area (Å²) in [6, 6.07) is 8.18. The fourth-order valence-electron chi connectivity index (χ4n) is 2.55. The van der Waals surface area contributed by atoms with Gasteiger partial charge in [0, 0.05) is 11.0 Å². The van der Waals surface area contributed by atoms with Gasteiger partial charge in [-0.1, -0.05) is 33.3 Å². The van der Waals surface area contributed by atoms with Crippen molar-refractivity contribution in [3.8, 4) is 0 Å². The van der Waals surface area contributed by atoms with E-state index in [0.29, 0.717) is 18.3 Å². The molecule has 7 heteroatoms. The molecule has 1 amide bonds. The standard InChI is InChI=1S/C15H18BrN5O/c16-12-3-1-2-11(8-12)9-18-15(22)14-10-21(20-19-14)13-4-6-17-7-5-13/h1-3,8,10,13,17H,4-7,9H2,(H,18,22). The SMILES string of the molecule is O=C(NCc1cccc(Br)c1)c1cn(C2CCNCC2)nn1. The van der Waals surface area contributed by atoms with Crippen LogP contribution in [0.2, 0.25) is 0 Å². The molecule has 0 aliphatic carbocycles. The summed E-state index contributed by atoms with van der Waals surface area (Å²) in [6.07, 6.45) is 3.77. The third-order valence-corrected chi connectivity index (χ3v) is 4.26. The second-order valence-corrected chi connectivity index (χ2v) is 6.29. The monoisotopic (exact) mass is 363 g/mol. The Morgan fingerprint density at radius 1 is 1.41 bits per heavy atom. The number of rotatable bonds is 4. The molecule has 2 heterocycles. The molecule has 3 rings (SSSR count). The summed E-state index contributed by atoms with van der Waals surface area (Å²) >= 11 is 3.42. The molecule has 116 valence electrons. The van der Waals surface area contributed by atoms with Gasteiger partial charge in [-0.25, -0.2) is 4.68 Å². The smallest absolute Gasteiger partial charge is 0.273 e. The number of carbonyl (C=O) groups excluding carboxylic acids is 1. The van der Waals surface area contributed by atoms with Gasteiger partial charge in [0.05, 0.1) is 12.2 Å². The van der Waals surface area contributed by atoms with Crippen LogP contribution in [0.1, 0.15) is 34.9 Å². The summed E-state index contributed by atoms with van der Waals surface area (Å²) in [5.74, 6) is -0.194. The first kappa shape index (κ1) is 15.2. The zero-order valence-electron chi connectivity index (χ0n) is 12.1. The average molecular weight is 364 g/mol. The van der Waals surface area contributed by atoms with Crippen LogP contribution in [0.5, 0.6) is 0 Å². The minimum absolute atomic E-state index is 0.194. The van der Waals surface area contributed by atoms with E-state index in [1.807, 2.05) is 28.9 Å². The van der Waals surface area contributed by atoms with Gasteiger partial charge in [0.15, 0.2) is 5.69 Å². The van der Waals surface area contributed by atoms with E-state index in [1.165, 1.54) is 0 Å². The number of hydrogen-bond donors (Lipinski definition) is 2. The van der Waals surface area contributed by atoms with Crippen molar-refractivity contribution in [1.82, 2.24) is 25.6 Å². The van der Waals surface area contributed by atoms with Crippen LogP contribution in [-0.4, -0.2) is 34.0 Å². The van der Waals surface area contributed by atoms with Crippen molar-refractivity contribution >= 4 is 21.8 Å². The number of hydrogen-bond acceptors (Lipinski definition) is 4. The first-order valence-electron chi connectivity index (χ1n) is 7.37. The molecule has 2 aromatic rings. The van der Waals surface area contributed by atoms with E-state index in [0.717, 1.165) is 36.0 Å². The van der Waals surface area contributed by atoms with E-state index >= 15 is 0 Å². The Bertz CT molecular complexity index is 651. The third-order valence-electron chi connectivity index (χ3n) is 3.77. The van der Waals surface area contributed by atoms with E-state index in [2.05, 4.69) is 36.9 Å². The van der Waals surface area contributed by atoms with Crippen molar-refractivity contribution in [2.24, 2.45) is 0 Å². The predicted octanol–water partition coefficient (Wildman–Crippen LogP) is 1.90. The fourth-order valence-corrected chi connectivity index (χ4v) is 3.00. The van der Waals surface area contributed by atoms with Crippen molar-refractivity contribution in [3.63, 3.8) is 0 Å². The van der Waals surface area contributed by atoms with Crippen LogP contribution in [0.25, 0.3) is 0 Å². The molecule has 2 N–H and O–H groups in total. The molecule has 1 aliphatic heterocycles. The number of piperidine rings is 1. The van der Waals surface area contributed by atoms with E-state index in [-0.39, 0.29) is 5.91 Å². The van der Waals surface area contributed by atoms with Gasteiger partial charge in [0.2, 0.25) is 0 Å². The average Bonchev–Trinajstić information content (AvgIpc) is 3.04. The van der Waals surface area contributed by atoms with E-state index < -0.39 is 0 Å². The van der Waals surface area contributed by atoms with Crippen molar-refractivity contribution in [2.45, 2.75) is 25.4 Å². The van der Waals surface area contributed by atoms with Crippen LogP contribution in [0.15, 0.2) is 34.9 Å². The van der Waals surface area contributed by atoms with Crippen LogP contribution < -0.4 is 10.6 Å². The number of aromatic nitrogens is 3. The van der Waals surface area contributed by atoms with Crippen molar-refractivity contribution in [2.75, 3.05) is 13.1 Å². The van der Waals surface area contributed by atoms with Gasteiger partial charge in [-0.15, -0.1) is 5.10 Å². The molecule has 0 saturated carbocycles. The Kier molecular flexibility index (Phi) is 4.84. The highest BCUT2D eigenvalue weighted by Gasteiger charge is 2.18. The molecule has 1 aliphatic rings. The number of halogens is 1. The Labute approximate surface area is 137 Å². The van der Waals surface area contributed by atoms with Gasteiger partial charge in [-0.3, -0.25) is 4.79 Å². The molecule has 0 bridgehead atoms. The quantitative estimate of drug-likeness (QED) is 0.869. The Balaban J connectivity index is 1.59. The second-order valence-electron chi connectivity index (χ2n) is 5.38. The third kappa shape index (κ3) is 3.72. The lowest BCUT2D eigenvalue weighted by atomic mass is 10.1. The molecular weight excluding hydrogens is 346 g/mol. The molecule has 1 fully saturated rings. The van der Waals surface area contributed by atoms with E-state index in [4.69, 9.17) is 0 Å². The normalized spacial score (nSPS) is 15.7. The van der Waals surface area contributed by atoms with Gasteiger partial charge in [0.25, 0.3) is 5.91 Å². The summed E-state index contributed by atoms with van der Waals surface area (Å²) in [6.45, 7) is 2.43.